The van der Waals surface area contributed by atoms with E-state index in [1.54, 1.807) is 6.92 Å². The van der Waals surface area contributed by atoms with E-state index in [9.17, 15) is 12.8 Å². The number of benzene rings is 2. The molecule has 1 heterocycles. The van der Waals surface area contributed by atoms with Gasteiger partial charge in [0.25, 0.3) is 0 Å². The summed E-state index contributed by atoms with van der Waals surface area (Å²) in [6.45, 7) is 5.43. The summed E-state index contributed by atoms with van der Waals surface area (Å²) in [7, 11) is -3.77. The molecule has 0 aromatic heterocycles. The summed E-state index contributed by atoms with van der Waals surface area (Å²) in [5.74, 6) is 0.223. The van der Waals surface area contributed by atoms with Crippen LogP contribution in [0.15, 0.2) is 47.4 Å². The number of hydrogen-bond donors (Lipinski definition) is 1. The molecule has 0 amide bonds. The van der Waals surface area contributed by atoms with E-state index in [-0.39, 0.29) is 4.90 Å². The number of fused-ring (bicyclic) bond motifs is 1. The highest BCUT2D eigenvalue weighted by Crippen LogP contribution is 2.40. The first-order chi connectivity index (χ1) is 11.2. The minimum atomic E-state index is -3.77. The molecule has 0 unspecified atom stereocenters. The summed E-state index contributed by atoms with van der Waals surface area (Å²) < 4.78 is 47.5. The zero-order valence-corrected chi connectivity index (χ0v) is 14.7. The molecule has 1 aliphatic rings. The molecule has 1 atom stereocenters. The highest BCUT2D eigenvalue weighted by atomic mass is 32.2. The van der Waals surface area contributed by atoms with Crippen LogP contribution in [0.5, 0.6) is 5.75 Å². The van der Waals surface area contributed by atoms with Gasteiger partial charge < -0.3 is 4.74 Å². The van der Waals surface area contributed by atoms with Crippen molar-refractivity contribution < 1.29 is 17.5 Å². The molecule has 0 fully saturated rings. The molecule has 0 saturated carbocycles. The minimum Gasteiger partial charge on any atom is -0.487 e. The van der Waals surface area contributed by atoms with Crippen LogP contribution in [0.4, 0.5) is 4.39 Å². The average Bonchev–Trinajstić information content (AvgIpc) is 2.45. The molecular formula is C18H20FNO3S. The quantitative estimate of drug-likeness (QED) is 0.919. The maximum atomic E-state index is 13.3. The highest BCUT2D eigenvalue weighted by molar-refractivity contribution is 7.89. The Kier molecular flexibility index (Phi) is 4.13. The van der Waals surface area contributed by atoms with Gasteiger partial charge in [0.05, 0.1) is 10.9 Å². The smallest absolute Gasteiger partial charge is 0.241 e. The number of nitrogens with one attached hydrogen (secondary N) is 1. The van der Waals surface area contributed by atoms with E-state index in [0.717, 1.165) is 11.6 Å². The van der Waals surface area contributed by atoms with Crippen LogP contribution in [-0.2, 0) is 10.0 Å². The van der Waals surface area contributed by atoms with Crippen LogP contribution in [-0.4, -0.2) is 14.0 Å². The fourth-order valence-corrected chi connectivity index (χ4v) is 4.51. The fraction of sp³-hybridized carbons (Fsp3) is 0.333. The van der Waals surface area contributed by atoms with Crippen molar-refractivity contribution in [3.05, 3.63) is 59.4 Å². The van der Waals surface area contributed by atoms with E-state index < -0.39 is 27.5 Å². The molecule has 3 rings (SSSR count). The fourth-order valence-electron chi connectivity index (χ4n) is 3.07. The lowest BCUT2D eigenvalue weighted by Crippen LogP contribution is -2.41. The van der Waals surface area contributed by atoms with Crippen molar-refractivity contribution in [1.29, 1.82) is 0 Å². The molecule has 0 radical (unpaired) electrons. The minimum absolute atomic E-state index is 0.0886. The van der Waals surface area contributed by atoms with Crippen molar-refractivity contribution in [2.45, 2.75) is 43.7 Å². The number of aryl methyl sites for hydroxylation is 1. The maximum Gasteiger partial charge on any atom is 0.241 e. The van der Waals surface area contributed by atoms with Crippen LogP contribution in [0, 0.1) is 12.7 Å². The van der Waals surface area contributed by atoms with Crippen LogP contribution in [0.3, 0.4) is 0 Å². The number of rotatable bonds is 3. The Morgan fingerprint density at radius 1 is 1.21 bits per heavy atom. The van der Waals surface area contributed by atoms with Crippen LogP contribution in [0.2, 0.25) is 0 Å². The third-order valence-electron chi connectivity index (χ3n) is 4.10. The largest absolute Gasteiger partial charge is 0.487 e. The van der Waals surface area contributed by atoms with Gasteiger partial charge in [-0.05, 0) is 50.6 Å². The van der Waals surface area contributed by atoms with Gasteiger partial charge in [-0.25, -0.2) is 17.5 Å². The molecule has 0 spiro atoms. The van der Waals surface area contributed by atoms with Crippen molar-refractivity contribution in [2.75, 3.05) is 0 Å². The van der Waals surface area contributed by atoms with E-state index in [2.05, 4.69) is 4.72 Å². The summed E-state index contributed by atoms with van der Waals surface area (Å²) in [5, 5.41) is 0. The van der Waals surface area contributed by atoms with Crippen molar-refractivity contribution in [1.82, 2.24) is 4.72 Å². The van der Waals surface area contributed by atoms with Gasteiger partial charge >= 0.3 is 0 Å². The lowest BCUT2D eigenvalue weighted by molar-refractivity contribution is 0.0702. The second-order valence-electron chi connectivity index (χ2n) is 6.69. The van der Waals surface area contributed by atoms with Gasteiger partial charge in [-0.3, -0.25) is 0 Å². The second-order valence-corrected chi connectivity index (χ2v) is 8.37. The molecular weight excluding hydrogens is 329 g/mol. The average molecular weight is 349 g/mol. The molecule has 1 aliphatic heterocycles. The Morgan fingerprint density at radius 3 is 2.62 bits per heavy atom. The molecule has 0 aliphatic carbocycles. The van der Waals surface area contributed by atoms with Crippen LogP contribution < -0.4 is 9.46 Å². The predicted molar refractivity (Wildman–Crippen MR) is 90.0 cm³/mol. The van der Waals surface area contributed by atoms with Gasteiger partial charge in [-0.1, -0.05) is 18.2 Å². The van der Waals surface area contributed by atoms with E-state index in [4.69, 9.17) is 4.74 Å². The first-order valence-corrected chi connectivity index (χ1v) is 9.23. The third kappa shape index (κ3) is 3.30. The van der Waals surface area contributed by atoms with E-state index >= 15 is 0 Å². The van der Waals surface area contributed by atoms with Gasteiger partial charge in [0.1, 0.15) is 17.2 Å². The topological polar surface area (TPSA) is 55.4 Å². The summed E-state index contributed by atoms with van der Waals surface area (Å²) >= 11 is 0. The predicted octanol–water partition coefficient (Wildman–Crippen LogP) is 3.71. The zero-order valence-electron chi connectivity index (χ0n) is 13.8. The Bertz CT molecular complexity index is 878. The monoisotopic (exact) mass is 349 g/mol. The van der Waals surface area contributed by atoms with Gasteiger partial charge in [-0.2, -0.15) is 0 Å². The molecule has 128 valence electrons. The van der Waals surface area contributed by atoms with Crippen LogP contribution in [0.25, 0.3) is 0 Å². The SMILES string of the molecule is Cc1cc(F)ccc1S(=O)(=O)N[C@@H]1CC(C)(C)Oc2ccccc21. The lowest BCUT2D eigenvalue weighted by Gasteiger charge is -2.37. The standard InChI is InChI=1S/C18H20FNO3S/c1-12-10-13(19)8-9-17(12)24(21,22)20-15-11-18(2,3)23-16-7-5-4-6-14(15)16/h4-10,15,20H,11H2,1-3H3/t15-/m1/s1. The normalized spacial score (nSPS) is 19.4. The van der Waals surface area contributed by atoms with Gasteiger partial charge in [0.2, 0.25) is 10.0 Å². The Morgan fingerprint density at radius 2 is 1.92 bits per heavy atom. The van der Waals surface area contributed by atoms with Crippen LogP contribution in [0.1, 0.15) is 37.4 Å². The molecule has 0 bridgehead atoms. The number of ether oxygens (including phenoxy) is 1. The highest BCUT2D eigenvalue weighted by Gasteiger charge is 2.36. The maximum absolute atomic E-state index is 13.3. The molecule has 1 N–H and O–H groups in total. The second kappa shape index (κ2) is 5.86. The van der Waals surface area contributed by atoms with E-state index in [1.165, 1.54) is 12.1 Å². The van der Waals surface area contributed by atoms with E-state index in [1.807, 2.05) is 38.1 Å². The summed E-state index contributed by atoms with van der Waals surface area (Å²) in [6, 6.07) is 10.7. The molecule has 6 heteroatoms. The van der Waals surface area contributed by atoms with E-state index in [0.29, 0.717) is 17.7 Å². The van der Waals surface area contributed by atoms with Crippen molar-refractivity contribution in [3.63, 3.8) is 0 Å². The lowest BCUT2D eigenvalue weighted by atomic mass is 9.90. The summed E-state index contributed by atoms with van der Waals surface area (Å²) in [4.78, 5) is 0.0886. The molecule has 24 heavy (non-hydrogen) atoms. The zero-order chi connectivity index (χ0) is 17.5. The summed E-state index contributed by atoms with van der Waals surface area (Å²) in [6.07, 6.45) is 0.503. The van der Waals surface area contributed by atoms with Crippen molar-refractivity contribution in [2.24, 2.45) is 0 Å². The number of para-hydroxylation sites is 1. The summed E-state index contributed by atoms with van der Waals surface area (Å²) in [5.41, 5.74) is 0.696. The van der Waals surface area contributed by atoms with Crippen LogP contribution >= 0.6 is 0 Å². The van der Waals surface area contributed by atoms with Gasteiger partial charge in [-0.15, -0.1) is 0 Å². The Balaban J connectivity index is 1.98. The molecule has 0 saturated heterocycles. The number of halogens is 1. The molecule has 4 nitrogen and oxygen atoms in total. The van der Waals surface area contributed by atoms with Crippen molar-refractivity contribution >= 4 is 10.0 Å². The number of sulfonamides is 1. The Hall–Kier alpha value is -1.92. The molecule has 2 aromatic carbocycles. The first kappa shape index (κ1) is 16.9. The van der Waals surface area contributed by atoms with Gasteiger partial charge in [0, 0.05) is 12.0 Å². The van der Waals surface area contributed by atoms with Gasteiger partial charge in [0.15, 0.2) is 0 Å². The molecule has 2 aromatic rings. The third-order valence-corrected chi connectivity index (χ3v) is 5.73. The Labute approximate surface area is 141 Å². The van der Waals surface area contributed by atoms with Crippen molar-refractivity contribution in [3.8, 4) is 5.75 Å². The number of hydrogen-bond acceptors (Lipinski definition) is 3. The first-order valence-electron chi connectivity index (χ1n) is 7.74.